The van der Waals surface area contributed by atoms with E-state index in [0.717, 1.165) is 38.8 Å². The summed E-state index contributed by atoms with van der Waals surface area (Å²) in [6, 6.07) is 10.5. The predicted molar refractivity (Wildman–Crippen MR) is 110 cm³/mol. The molecule has 2 aliphatic heterocycles. The van der Waals surface area contributed by atoms with E-state index in [4.69, 9.17) is 0 Å². The molecule has 1 aromatic rings. The Morgan fingerprint density at radius 1 is 0.966 bits per heavy atom. The molecule has 3 fully saturated rings. The van der Waals surface area contributed by atoms with Crippen LogP contribution in [-0.2, 0) is 14.4 Å². The summed E-state index contributed by atoms with van der Waals surface area (Å²) in [5.41, 5.74) is 1.21. The second kappa shape index (κ2) is 9.08. The van der Waals surface area contributed by atoms with Crippen LogP contribution in [0.2, 0.25) is 0 Å². The van der Waals surface area contributed by atoms with Gasteiger partial charge in [0, 0.05) is 19.5 Å². The summed E-state index contributed by atoms with van der Waals surface area (Å²) in [4.78, 5) is 41.4. The molecule has 156 valence electrons. The number of rotatable bonds is 7. The van der Waals surface area contributed by atoms with Gasteiger partial charge in [-0.05, 0) is 44.3 Å². The molecule has 3 aliphatic rings. The molecule has 0 spiro atoms. The van der Waals surface area contributed by atoms with Gasteiger partial charge >= 0.3 is 0 Å². The number of amides is 3. The minimum atomic E-state index is -0.142. The van der Waals surface area contributed by atoms with E-state index in [9.17, 15) is 14.4 Å². The lowest BCUT2D eigenvalue weighted by atomic mass is 9.81. The van der Waals surface area contributed by atoms with Crippen LogP contribution in [0, 0.1) is 11.8 Å². The van der Waals surface area contributed by atoms with Crippen molar-refractivity contribution in [3.8, 4) is 0 Å². The molecule has 1 aliphatic carbocycles. The summed E-state index contributed by atoms with van der Waals surface area (Å²) < 4.78 is 0. The fourth-order valence-corrected chi connectivity index (χ4v) is 5.15. The van der Waals surface area contributed by atoms with Gasteiger partial charge in [0.25, 0.3) is 0 Å². The third kappa shape index (κ3) is 4.37. The van der Waals surface area contributed by atoms with Crippen molar-refractivity contribution in [2.24, 2.45) is 11.8 Å². The van der Waals surface area contributed by atoms with Crippen molar-refractivity contribution in [1.29, 1.82) is 0 Å². The molecule has 1 saturated carbocycles. The SMILES string of the molecule is O=C(CCN1C(=O)[C@H]2CCCC[C@H]2C1=O)NC[C@@H](c1ccccc1)N1CCCC1. The first-order valence-corrected chi connectivity index (χ1v) is 11.1. The summed E-state index contributed by atoms with van der Waals surface area (Å²) in [7, 11) is 0. The molecule has 0 radical (unpaired) electrons. The van der Waals surface area contributed by atoms with Crippen LogP contribution < -0.4 is 5.32 Å². The zero-order chi connectivity index (χ0) is 20.2. The average Bonchev–Trinajstić information content (AvgIpc) is 3.36. The summed E-state index contributed by atoms with van der Waals surface area (Å²) in [5.74, 6) is -0.507. The Morgan fingerprint density at radius 2 is 1.59 bits per heavy atom. The van der Waals surface area contributed by atoms with Crippen molar-refractivity contribution in [3.05, 3.63) is 35.9 Å². The van der Waals surface area contributed by atoms with E-state index in [1.807, 2.05) is 18.2 Å². The standard InChI is InChI=1S/C23H31N3O3/c27-21(12-15-26-22(28)18-10-4-5-11-19(18)23(26)29)24-16-20(25-13-6-7-14-25)17-8-2-1-3-9-17/h1-3,8-9,18-20H,4-7,10-16H2,(H,24,27)/t18-,19+,20-/m0/s1. The fraction of sp³-hybridized carbons (Fsp3) is 0.609. The Kier molecular flexibility index (Phi) is 6.28. The normalized spacial score (nSPS) is 25.9. The van der Waals surface area contributed by atoms with Crippen molar-refractivity contribution < 1.29 is 14.4 Å². The highest BCUT2D eigenvalue weighted by atomic mass is 16.2. The van der Waals surface area contributed by atoms with Crippen LogP contribution >= 0.6 is 0 Å². The van der Waals surface area contributed by atoms with Crippen molar-refractivity contribution >= 4 is 17.7 Å². The Labute approximate surface area is 172 Å². The number of imide groups is 1. The number of carbonyl (C=O) groups is 3. The van der Waals surface area contributed by atoms with Crippen molar-refractivity contribution in [2.75, 3.05) is 26.2 Å². The van der Waals surface area contributed by atoms with Crippen molar-refractivity contribution in [1.82, 2.24) is 15.1 Å². The number of fused-ring (bicyclic) bond motifs is 1. The van der Waals surface area contributed by atoms with E-state index in [1.165, 1.54) is 23.3 Å². The molecule has 4 rings (SSSR count). The molecule has 6 heteroatoms. The molecular weight excluding hydrogens is 366 g/mol. The number of likely N-dealkylation sites (tertiary alicyclic amines) is 2. The zero-order valence-corrected chi connectivity index (χ0v) is 17.0. The van der Waals surface area contributed by atoms with Gasteiger partial charge in [-0.1, -0.05) is 43.2 Å². The molecule has 3 amide bonds. The van der Waals surface area contributed by atoms with Gasteiger partial charge in [0.2, 0.25) is 17.7 Å². The van der Waals surface area contributed by atoms with Gasteiger partial charge in [0.1, 0.15) is 0 Å². The van der Waals surface area contributed by atoms with Crippen LogP contribution in [0.4, 0.5) is 0 Å². The lowest BCUT2D eigenvalue weighted by Crippen LogP contribution is -2.39. The molecular formula is C23H31N3O3. The van der Waals surface area contributed by atoms with Gasteiger partial charge < -0.3 is 5.32 Å². The fourth-order valence-electron chi connectivity index (χ4n) is 5.15. The Bertz CT molecular complexity index is 721. The quantitative estimate of drug-likeness (QED) is 0.718. The van der Waals surface area contributed by atoms with E-state index in [1.54, 1.807) is 0 Å². The minimum absolute atomic E-state index is 0.0632. The first-order valence-electron chi connectivity index (χ1n) is 11.1. The summed E-state index contributed by atoms with van der Waals surface area (Å²) >= 11 is 0. The highest BCUT2D eigenvalue weighted by molar-refractivity contribution is 6.05. The summed E-state index contributed by atoms with van der Waals surface area (Å²) in [6.07, 6.45) is 6.23. The number of hydrogen-bond acceptors (Lipinski definition) is 4. The first kappa shape index (κ1) is 20.1. The van der Waals surface area contributed by atoms with Crippen LogP contribution in [0.1, 0.15) is 56.6 Å². The average molecular weight is 398 g/mol. The Balaban J connectivity index is 1.31. The van der Waals surface area contributed by atoms with Crippen LogP contribution in [0.3, 0.4) is 0 Å². The van der Waals surface area contributed by atoms with Gasteiger partial charge in [-0.2, -0.15) is 0 Å². The summed E-state index contributed by atoms with van der Waals surface area (Å²) in [6.45, 7) is 2.86. The smallest absolute Gasteiger partial charge is 0.233 e. The van der Waals surface area contributed by atoms with Crippen LogP contribution in [0.25, 0.3) is 0 Å². The highest BCUT2D eigenvalue weighted by Gasteiger charge is 2.47. The number of benzene rings is 1. The molecule has 6 nitrogen and oxygen atoms in total. The van der Waals surface area contributed by atoms with E-state index in [2.05, 4.69) is 22.3 Å². The van der Waals surface area contributed by atoms with E-state index in [0.29, 0.717) is 6.54 Å². The minimum Gasteiger partial charge on any atom is -0.354 e. The molecule has 0 aromatic heterocycles. The molecule has 3 atom stereocenters. The molecule has 2 heterocycles. The van der Waals surface area contributed by atoms with Crippen molar-refractivity contribution in [3.63, 3.8) is 0 Å². The number of hydrogen-bond donors (Lipinski definition) is 1. The second-order valence-corrected chi connectivity index (χ2v) is 8.55. The van der Waals surface area contributed by atoms with Crippen LogP contribution in [-0.4, -0.2) is 53.7 Å². The zero-order valence-electron chi connectivity index (χ0n) is 17.0. The van der Waals surface area contributed by atoms with E-state index < -0.39 is 0 Å². The molecule has 0 bridgehead atoms. The number of nitrogens with one attached hydrogen (secondary N) is 1. The number of nitrogens with zero attached hydrogens (tertiary/aromatic N) is 2. The maximum absolute atomic E-state index is 12.6. The predicted octanol–water partition coefficient (Wildman–Crippen LogP) is 2.50. The maximum atomic E-state index is 12.6. The van der Waals surface area contributed by atoms with Gasteiger partial charge in [0.05, 0.1) is 17.9 Å². The van der Waals surface area contributed by atoms with Crippen LogP contribution in [0.15, 0.2) is 30.3 Å². The van der Waals surface area contributed by atoms with E-state index in [-0.39, 0.29) is 48.6 Å². The van der Waals surface area contributed by atoms with Crippen molar-refractivity contribution in [2.45, 2.75) is 51.0 Å². The van der Waals surface area contributed by atoms with Gasteiger partial charge in [0.15, 0.2) is 0 Å². The Hall–Kier alpha value is -2.21. The molecule has 0 unspecified atom stereocenters. The molecule has 1 N–H and O–H groups in total. The topological polar surface area (TPSA) is 69.7 Å². The largest absolute Gasteiger partial charge is 0.354 e. The first-order chi connectivity index (χ1) is 14.1. The summed E-state index contributed by atoms with van der Waals surface area (Å²) in [5, 5.41) is 3.04. The molecule has 29 heavy (non-hydrogen) atoms. The maximum Gasteiger partial charge on any atom is 0.233 e. The van der Waals surface area contributed by atoms with Gasteiger partial charge in [-0.25, -0.2) is 0 Å². The lowest BCUT2D eigenvalue weighted by molar-refractivity contribution is -0.140. The second-order valence-electron chi connectivity index (χ2n) is 8.55. The lowest BCUT2D eigenvalue weighted by Gasteiger charge is -2.28. The highest BCUT2D eigenvalue weighted by Crippen LogP contribution is 2.38. The monoisotopic (exact) mass is 397 g/mol. The molecule has 1 aromatic carbocycles. The van der Waals surface area contributed by atoms with E-state index >= 15 is 0 Å². The Morgan fingerprint density at radius 3 is 2.21 bits per heavy atom. The number of carbonyl (C=O) groups excluding carboxylic acids is 3. The third-order valence-electron chi connectivity index (χ3n) is 6.75. The van der Waals surface area contributed by atoms with Gasteiger partial charge in [-0.3, -0.25) is 24.2 Å². The molecule has 2 saturated heterocycles. The van der Waals surface area contributed by atoms with Gasteiger partial charge in [-0.15, -0.1) is 0 Å². The van der Waals surface area contributed by atoms with Crippen LogP contribution in [0.5, 0.6) is 0 Å². The third-order valence-corrected chi connectivity index (χ3v) is 6.75.